The van der Waals surface area contributed by atoms with Crippen molar-refractivity contribution in [2.75, 3.05) is 18.4 Å². The molecule has 21 heavy (non-hydrogen) atoms. The van der Waals surface area contributed by atoms with Crippen molar-refractivity contribution in [3.63, 3.8) is 0 Å². The second kappa shape index (κ2) is 8.29. The van der Waals surface area contributed by atoms with Crippen LogP contribution in [0.5, 0.6) is 0 Å². The van der Waals surface area contributed by atoms with Crippen LogP contribution in [0, 0.1) is 0 Å². The summed E-state index contributed by atoms with van der Waals surface area (Å²) in [5, 5.41) is 11.7. The topological polar surface area (TPSA) is 69.6 Å². The van der Waals surface area contributed by atoms with Gasteiger partial charge in [-0.25, -0.2) is 4.79 Å². The number of amides is 2. The zero-order valence-electron chi connectivity index (χ0n) is 12.9. The molecule has 116 valence electrons. The first-order valence-electron chi connectivity index (χ1n) is 7.35. The van der Waals surface area contributed by atoms with Crippen molar-refractivity contribution in [3.8, 4) is 0 Å². The van der Waals surface area contributed by atoms with Gasteiger partial charge < -0.3 is 15.3 Å². The predicted molar refractivity (Wildman–Crippen MR) is 83.7 cm³/mol. The average Bonchev–Trinajstić information content (AvgIpc) is 2.44. The minimum absolute atomic E-state index is 0.0421. The Balaban J connectivity index is 2.65. The Labute approximate surface area is 126 Å². The number of hydrogen-bond acceptors (Lipinski definition) is 2. The molecule has 0 aliphatic heterocycles. The molecule has 0 spiro atoms. The van der Waals surface area contributed by atoms with Crippen LogP contribution in [-0.2, 0) is 4.79 Å². The maximum Gasteiger partial charge on any atom is 0.321 e. The van der Waals surface area contributed by atoms with Crippen LogP contribution in [0.1, 0.15) is 45.1 Å². The molecule has 0 radical (unpaired) electrons. The Morgan fingerprint density at radius 1 is 1.24 bits per heavy atom. The number of nitrogens with one attached hydrogen (secondary N) is 1. The second-order valence-electron chi connectivity index (χ2n) is 5.13. The molecule has 1 rings (SSSR count). The number of benzene rings is 1. The summed E-state index contributed by atoms with van der Waals surface area (Å²) in [6, 6.07) is 7.24. The van der Waals surface area contributed by atoms with Gasteiger partial charge in [0, 0.05) is 18.8 Å². The number of carboxylic acids is 1. The van der Waals surface area contributed by atoms with E-state index < -0.39 is 5.97 Å². The van der Waals surface area contributed by atoms with Gasteiger partial charge in [-0.15, -0.1) is 0 Å². The quantitative estimate of drug-likeness (QED) is 0.807. The summed E-state index contributed by atoms with van der Waals surface area (Å²) in [4.78, 5) is 24.5. The highest BCUT2D eigenvalue weighted by atomic mass is 16.4. The van der Waals surface area contributed by atoms with Gasteiger partial charge in [-0.1, -0.05) is 26.0 Å². The van der Waals surface area contributed by atoms with E-state index in [1.807, 2.05) is 45.0 Å². The molecule has 1 unspecified atom stereocenters. The van der Waals surface area contributed by atoms with Crippen molar-refractivity contribution in [3.05, 3.63) is 29.8 Å². The number of rotatable bonds is 7. The van der Waals surface area contributed by atoms with Crippen molar-refractivity contribution in [2.45, 2.75) is 39.5 Å². The van der Waals surface area contributed by atoms with Crippen LogP contribution in [0.2, 0.25) is 0 Å². The van der Waals surface area contributed by atoms with E-state index >= 15 is 0 Å². The molecule has 0 heterocycles. The van der Waals surface area contributed by atoms with E-state index in [1.54, 1.807) is 4.90 Å². The maximum atomic E-state index is 12.0. The fraction of sp³-hybridized carbons (Fsp3) is 0.500. The first kappa shape index (κ1) is 17.0. The van der Waals surface area contributed by atoms with Crippen molar-refractivity contribution in [1.29, 1.82) is 0 Å². The first-order valence-corrected chi connectivity index (χ1v) is 7.35. The zero-order valence-corrected chi connectivity index (χ0v) is 12.9. The minimum Gasteiger partial charge on any atom is -0.481 e. The second-order valence-corrected chi connectivity index (χ2v) is 5.13. The molecular weight excluding hydrogens is 268 g/mol. The SMILES string of the molecule is CCCN(CC)C(=O)Nc1ccc(C(C)CC(=O)O)cc1. The van der Waals surface area contributed by atoms with Gasteiger partial charge >= 0.3 is 12.0 Å². The van der Waals surface area contributed by atoms with Gasteiger partial charge in [0.1, 0.15) is 0 Å². The lowest BCUT2D eigenvalue weighted by atomic mass is 9.98. The zero-order chi connectivity index (χ0) is 15.8. The maximum absolute atomic E-state index is 12.0. The highest BCUT2D eigenvalue weighted by Crippen LogP contribution is 2.21. The third kappa shape index (κ3) is 5.45. The molecule has 0 bridgehead atoms. The smallest absolute Gasteiger partial charge is 0.321 e. The third-order valence-corrected chi connectivity index (χ3v) is 3.37. The lowest BCUT2D eigenvalue weighted by Gasteiger charge is -2.20. The molecule has 2 amide bonds. The van der Waals surface area contributed by atoms with E-state index in [1.165, 1.54) is 0 Å². The molecule has 0 aromatic heterocycles. The molecule has 1 aromatic rings. The summed E-state index contributed by atoms with van der Waals surface area (Å²) in [6.45, 7) is 7.27. The van der Waals surface area contributed by atoms with Gasteiger partial charge in [-0.3, -0.25) is 4.79 Å². The van der Waals surface area contributed by atoms with Crippen LogP contribution < -0.4 is 5.32 Å². The molecule has 0 aliphatic carbocycles. The van der Waals surface area contributed by atoms with E-state index in [2.05, 4.69) is 5.32 Å². The van der Waals surface area contributed by atoms with Crippen LogP contribution in [-0.4, -0.2) is 35.1 Å². The lowest BCUT2D eigenvalue weighted by molar-refractivity contribution is -0.137. The number of urea groups is 1. The van der Waals surface area contributed by atoms with E-state index in [9.17, 15) is 9.59 Å². The number of hydrogen-bond donors (Lipinski definition) is 2. The number of aliphatic carboxylic acids is 1. The van der Waals surface area contributed by atoms with Gasteiger partial charge in [-0.2, -0.15) is 0 Å². The summed E-state index contributed by atoms with van der Waals surface area (Å²) in [7, 11) is 0. The molecule has 0 fully saturated rings. The van der Waals surface area contributed by atoms with Gasteiger partial charge in [0.05, 0.1) is 6.42 Å². The number of anilines is 1. The van der Waals surface area contributed by atoms with Gasteiger partial charge in [0.25, 0.3) is 0 Å². The summed E-state index contributed by atoms with van der Waals surface area (Å²) in [6.07, 6.45) is 1.03. The summed E-state index contributed by atoms with van der Waals surface area (Å²) in [5.74, 6) is -0.850. The van der Waals surface area contributed by atoms with Crippen LogP contribution in [0.3, 0.4) is 0 Å². The Morgan fingerprint density at radius 3 is 2.33 bits per heavy atom. The fourth-order valence-electron chi connectivity index (χ4n) is 2.15. The van der Waals surface area contributed by atoms with Crippen molar-refractivity contribution in [1.82, 2.24) is 4.90 Å². The monoisotopic (exact) mass is 292 g/mol. The van der Waals surface area contributed by atoms with Crippen molar-refractivity contribution in [2.24, 2.45) is 0 Å². The molecule has 5 heteroatoms. The molecule has 0 aliphatic rings. The van der Waals surface area contributed by atoms with Crippen molar-refractivity contribution < 1.29 is 14.7 Å². The van der Waals surface area contributed by atoms with Gasteiger partial charge in [0.2, 0.25) is 0 Å². The number of nitrogens with zero attached hydrogens (tertiary/aromatic N) is 1. The van der Waals surface area contributed by atoms with E-state index in [4.69, 9.17) is 5.11 Å². The summed E-state index contributed by atoms with van der Waals surface area (Å²) in [5.41, 5.74) is 1.68. The van der Waals surface area contributed by atoms with E-state index in [-0.39, 0.29) is 18.4 Å². The number of carbonyl (C=O) groups is 2. The summed E-state index contributed by atoms with van der Waals surface area (Å²) < 4.78 is 0. The van der Waals surface area contributed by atoms with Crippen LogP contribution in [0.15, 0.2) is 24.3 Å². The standard InChI is InChI=1S/C16H24N2O3/c1-4-10-18(5-2)16(21)17-14-8-6-13(7-9-14)12(3)11-15(19)20/h6-9,12H,4-5,10-11H2,1-3H3,(H,17,21)(H,19,20). The number of carboxylic acid groups (broad SMARTS) is 1. The highest BCUT2D eigenvalue weighted by molar-refractivity contribution is 5.89. The molecule has 0 saturated carbocycles. The molecular formula is C16H24N2O3. The third-order valence-electron chi connectivity index (χ3n) is 3.37. The highest BCUT2D eigenvalue weighted by Gasteiger charge is 2.12. The van der Waals surface area contributed by atoms with Crippen LogP contribution in [0.4, 0.5) is 10.5 Å². The number of carbonyl (C=O) groups excluding carboxylic acids is 1. The molecule has 2 N–H and O–H groups in total. The average molecular weight is 292 g/mol. The van der Waals surface area contributed by atoms with Crippen LogP contribution >= 0.6 is 0 Å². The molecule has 1 atom stereocenters. The fourth-order valence-corrected chi connectivity index (χ4v) is 2.15. The van der Waals surface area contributed by atoms with E-state index in [0.29, 0.717) is 6.54 Å². The molecule has 5 nitrogen and oxygen atoms in total. The first-order chi connectivity index (χ1) is 9.97. The Morgan fingerprint density at radius 2 is 1.86 bits per heavy atom. The summed E-state index contributed by atoms with van der Waals surface area (Å²) >= 11 is 0. The molecule has 1 aromatic carbocycles. The molecule has 0 saturated heterocycles. The van der Waals surface area contributed by atoms with Crippen molar-refractivity contribution >= 4 is 17.7 Å². The predicted octanol–water partition coefficient (Wildman–Crippen LogP) is 3.53. The normalized spacial score (nSPS) is 11.8. The van der Waals surface area contributed by atoms with Gasteiger partial charge in [0.15, 0.2) is 0 Å². The van der Waals surface area contributed by atoms with Gasteiger partial charge in [-0.05, 0) is 37.0 Å². The van der Waals surface area contributed by atoms with E-state index in [0.717, 1.165) is 24.2 Å². The Hall–Kier alpha value is -2.04. The Bertz CT molecular complexity index is 471. The Kier molecular flexibility index (Phi) is 6.72. The van der Waals surface area contributed by atoms with Crippen LogP contribution in [0.25, 0.3) is 0 Å². The lowest BCUT2D eigenvalue weighted by Crippen LogP contribution is -2.35. The minimum atomic E-state index is -0.807. The largest absolute Gasteiger partial charge is 0.481 e.